The van der Waals surface area contributed by atoms with Crippen LogP contribution in [0.1, 0.15) is 39.0 Å². The lowest BCUT2D eigenvalue weighted by Gasteiger charge is -2.37. The van der Waals surface area contributed by atoms with Gasteiger partial charge in [0.05, 0.1) is 6.20 Å². The van der Waals surface area contributed by atoms with Crippen LogP contribution in [0.15, 0.2) is 24.5 Å². The molecule has 112 valence electrons. The molecule has 1 aliphatic carbocycles. The van der Waals surface area contributed by atoms with Crippen LogP contribution in [0.25, 0.3) is 5.65 Å². The number of anilines is 1. The van der Waals surface area contributed by atoms with Gasteiger partial charge < -0.3 is 10.4 Å². The zero-order valence-electron chi connectivity index (χ0n) is 12.1. The Morgan fingerprint density at radius 3 is 2.90 bits per heavy atom. The lowest BCUT2D eigenvalue weighted by atomic mass is 9.75. The Bertz CT molecular complexity index is 644. The number of carbonyl (C=O) groups is 1. The maximum absolute atomic E-state index is 11.8. The summed E-state index contributed by atoms with van der Waals surface area (Å²) >= 11 is 0. The molecule has 3 rings (SSSR count). The fourth-order valence-corrected chi connectivity index (χ4v) is 3.10. The maximum atomic E-state index is 11.8. The van der Waals surface area contributed by atoms with Gasteiger partial charge in [0.2, 0.25) is 0 Å². The lowest BCUT2D eigenvalue weighted by molar-refractivity contribution is -0.143. The maximum Gasteiger partial charge on any atom is 0.329 e. The predicted molar refractivity (Wildman–Crippen MR) is 79.2 cm³/mol. The zero-order chi connectivity index (χ0) is 14.9. The number of carboxylic acid groups (broad SMARTS) is 1. The summed E-state index contributed by atoms with van der Waals surface area (Å²) in [6, 6.07) is 3.57. The summed E-state index contributed by atoms with van der Waals surface area (Å²) in [5, 5.41) is 16.9. The highest BCUT2D eigenvalue weighted by atomic mass is 16.4. The molecule has 0 spiro atoms. The number of fused-ring (bicyclic) bond motifs is 1. The van der Waals surface area contributed by atoms with Gasteiger partial charge >= 0.3 is 5.97 Å². The van der Waals surface area contributed by atoms with Gasteiger partial charge in [0.15, 0.2) is 5.65 Å². The smallest absolute Gasteiger partial charge is 0.329 e. The third-order valence-electron chi connectivity index (χ3n) is 4.57. The average molecular weight is 288 g/mol. The van der Waals surface area contributed by atoms with Crippen LogP contribution in [0.4, 0.5) is 5.82 Å². The summed E-state index contributed by atoms with van der Waals surface area (Å²) in [6.07, 6.45) is 7.77. The van der Waals surface area contributed by atoms with Crippen molar-refractivity contribution in [1.82, 2.24) is 14.6 Å². The molecular weight excluding hydrogens is 268 g/mol. The van der Waals surface area contributed by atoms with E-state index in [1.165, 1.54) is 0 Å². The molecule has 6 heteroatoms. The molecule has 0 bridgehead atoms. The van der Waals surface area contributed by atoms with E-state index < -0.39 is 11.5 Å². The fraction of sp³-hybridized carbons (Fsp3) is 0.533. The van der Waals surface area contributed by atoms with Crippen molar-refractivity contribution in [2.24, 2.45) is 5.92 Å². The molecular formula is C15H20N4O2. The largest absolute Gasteiger partial charge is 0.480 e. The SMILES string of the molecule is CCC1CCC(Nc2ccn3nccc3n2)(C(=O)O)CC1. The molecule has 0 aromatic carbocycles. The molecule has 2 N–H and O–H groups in total. The fourth-order valence-electron chi connectivity index (χ4n) is 3.10. The minimum absolute atomic E-state index is 0.598. The van der Waals surface area contributed by atoms with Gasteiger partial charge in [-0.1, -0.05) is 13.3 Å². The van der Waals surface area contributed by atoms with Crippen LogP contribution in [0.2, 0.25) is 0 Å². The summed E-state index contributed by atoms with van der Waals surface area (Å²) in [5.41, 5.74) is -0.181. The Morgan fingerprint density at radius 2 is 2.24 bits per heavy atom. The van der Waals surface area contributed by atoms with Crippen molar-refractivity contribution in [2.45, 2.75) is 44.6 Å². The van der Waals surface area contributed by atoms with E-state index in [2.05, 4.69) is 22.3 Å². The molecule has 2 aromatic heterocycles. The van der Waals surface area contributed by atoms with Gasteiger partial charge in [0, 0.05) is 12.3 Å². The number of hydrogen-bond donors (Lipinski definition) is 2. The van der Waals surface area contributed by atoms with Crippen molar-refractivity contribution in [3.05, 3.63) is 24.5 Å². The van der Waals surface area contributed by atoms with E-state index >= 15 is 0 Å². The van der Waals surface area contributed by atoms with Crippen LogP contribution >= 0.6 is 0 Å². The number of rotatable bonds is 4. The van der Waals surface area contributed by atoms with Crippen LogP contribution in [0.3, 0.4) is 0 Å². The molecule has 0 atom stereocenters. The Hall–Kier alpha value is -2.11. The van der Waals surface area contributed by atoms with E-state index in [1.807, 2.05) is 0 Å². The van der Waals surface area contributed by atoms with Crippen molar-refractivity contribution in [1.29, 1.82) is 0 Å². The lowest BCUT2D eigenvalue weighted by Crippen LogP contribution is -2.49. The van der Waals surface area contributed by atoms with Gasteiger partial charge in [-0.05, 0) is 37.7 Å². The highest BCUT2D eigenvalue weighted by molar-refractivity contribution is 5.82. The Morgan fingerprint density at radius 1 is 1.48 bits per heavy atom. The molecule has 0 saturated heterocycles. The predicted octanol–water partition coefficient (Wildman–Crippen LogP) is 2.56. The second kappa shape index (κ2) is 5.35. The van der Waals surface area contributed by atoms with E-state index in [-0.39, 0.29) is 0 Å². The summed E-state index contributed by atoms with van der Waals surface area (Å²) in [6.45, 7) is 2.17. The average Bonchev–Trinajstić information content (AvgIpc) is 2.95. The first-order chi connectivity index (χ1) is 10.1. The number of carboxylic acids is 1. The second-order valence-electron chi connectivity index (χ2n) is 5.81. The first-order valence-corrected chi connectivity index (χ1v) is 7.45. The number of aromatic nitrogens is 3. The molecule has 0 amide bonds. The Labute approximate surface area is 123 Å². The quantitative estimate of drug-likeness (QED) is 0.904. The molecule has 1 saturated carbocycles. The zero-order valence-corrected chi connectivity index (χ0v) is 12.1. The van der Waals surface area contributed by atoms with E-state index in [9.17, 15) is 9.90 Å². The van der Waals surface area contributed by atoms with Crippen LogP contribution in [-0.4, -0.2) is 31.2 Å². The Balaban J connectivity index is 1.83. The van der Waals surface area contributed by atoms with Gasteiger partial charge in [-0.25, -0.2) is 14.3 Å². The molecule has 0 unspecified atom stereocenters. The molecule has 0 radical (unpaired) electrons. The molecule has 1 aliphatic rings. The van der Waals surface area contributed by atoms with Crippen molar-refractivity contribution in [3.63, 3.8) is 0 Å². The molecule has 2 aromatic rings. The minimum atomic E-state index is -0.892. The monoisotopic (exact) mass is 288 g/mol. The molecule has 1 fully saturated rings. The van der Waals surface area contributed by atoms with Crippen LogP contribution in [0.5, 0.6) is 0 Å². The number of nitrogens with one attached hydrogen (secondary N) is 1. The van der Waals surface area contributed by atoms with Gasteiger partial charge in [0.1, 0.15) is 11.4 Å². The van der Waals surface area contributed by atoms with Crippen molar-refractivity contribution >= 4 is 17.4 Å². The topological polar surface area (TPSA) is 79.5 Å². The molecule has 2 heterocycles. The molecule has 21 heavy (non-hydrogen) atoms. The van der Waals surface area contributed by atoms with Crippen LogP contribution < -0.4 is 5.32 Å². The third-order valence-corrected chi connectivity index (χ3v) is 4.57. The van der Waals surface area contributed by atoms with Gasteiger partial charge in [-0.3, -0.25) is 0 Å². The molecule has 6 nitrogen and oxygen atoms in total. The highest BCUT2D eigenvalue weighted by Crippen LogP contribution is 2.36. The van der Waals surface area contributed by atoms with E-state index in [4.69, 9.17) is 0 Å². The highest BCUT2D eigenvalue weighted by Gasteiger charge is 2.41. The summed E-state index contributed by atoms with van der Waals surface area (Å²) in [4.78, 5) is 16.2. The number of aliphatic carboxylic acids is 1. The third kappa shape index (κ3) is 2.57. The van der Waals surface area contributed by atoms with Gasteiger partial charge in [0.25, 0.3) is 0 Å². The van der Waals surface area contributed by atoms with Crippen LogP contribution in [-0.2, 0) is 4.79 Å². The van der Waals surface area contributed by atoms with Crippen molar-refractivity contribution < 1.29 is 9.90 Å². The minimum Gasteiger partial charge on any atom is -0.480 e. The van der Waals surface area contributed by atoms with E-state index in [0.29, 0.717) is 30.2 Å². The first kappa shape index (κ1) is 13.9. The van der Waals surface area contributed by atoms with E-state index in [1.54, 1.807) is 29.0 Å². The summed E-state index contributed by atoms with van der Waals surface area (Å²) < 4.78 is 1.66. The number of hydrogen-bond acceptors (Lipinski definition) is 4. The van der Waals surface area contributed by atoms with E-state index in [0.717, 1.165) is 19.3 Å². The normalized spacial score (nSPS) is 25.9. The molecule has 0 aliphatic heterocycles. The summed E-state index contributed by atoms with van der Waals surface area (Å²) in [5.74, 6) is 0.456. The van der Waals surface area contributed by atoms with Gasteiger partial charge in [-0.15, -0.1) is 0 Å². The Kier molecular flexibility index (Phi) is 3.53. The summed E-state index contributed by atoms with van der Waals surface area (Å²) in [7, 11) is 0. The second-order valence-corrected chi connectivity index (χ2v) is 5.81. The van der Waals surface area contributed by atoms with Gasteiger partial charge in [-0.2, -0.15) is 5.10 Å². The number of nitrogens with zero attached hydrogens (tertiary/aromatic N) is 3. The standard InChI is InChI=1S/C15H20N4O2/c1-2-11-3-7-15(8-4-11,14(20)21)18-12-6-10-19-13(17-12)5-9-16-19/h5-6,9-11H,2-4,7-8H2,1H3,(H,17,18)(H,20,21). The van der Waals surface area contributed by atoms with Crippen LogP contribution in [0, 0.1) is 5.92 Å². The van der Waals surface area contributed by atoms with Crippen molar-refractivity contribution in [2.75, 3.05) is 5.32 Å². The first-order valence-electron chi connectivity index (χ1n) is 7.45. The van der Waals surface area contributed by atoms with Crippen molar-refractivity contribution in [3.8, 4) is 0 Å².